The Bertz CT molecular complexity index is 436. The standard InChI is InChI=1S/C13H21N3O3/c1-4-11-10(6-9(3)15-16-11)12(19)14-13(5-2,7-17)8-18/h6,17-18H,4-5,7-8H2,1-3H3,(H,14,19). The normalized spacial score (nSPS) is 11.4. The van der Waals surface area contributed by atoms with Gasteiger partial charge in [-0.3, -0.25) is 4.79 Å². The van der Waals surface area contributed by atoms with Gasteiger partial charge < -0.3 is 15.5 Å². The van der Waals surface area contributed by atoms with Crippen molar-refractivity contribution in [2.24, 2.45) is 0 Å². The van der Waals surface area contributed by atoms with Gasteiger partial charge in [-0.05, 0) is 25.8 Å². The number of aliphatic hydroxyl groups is 2. The van der Waals surface area contributed by atoms with Crippen molar-refractivity contribution in [2.75, 3.05) is 13.2 Å². The molecule has 1 aromatic rings. The van der Waals surface area contributed by atoms with Gasteiger partial charge in [0.1, 0.15) is 0 Å². The van der Waals surface area contributed by atoms with Crippen LogP contribution in [0.5, 0.6) is 0 Å². The van der Waals surface area contributed by atoms with Crippen molar-refractivity contribution in [3.8, 4) is 0 Å². The van der Waals surface area contributed by atoms with Gasteiger partial charge in [0.25, 0.3) is 5.91 Å². The summed E-state index contributed by atoms with van der Waals surface area (Å²) < 4.78 is 0. The van der Waals surface area contributed by atoms with Gasteiger partial charge >= 0.3 is 0 Å². The maximum absolute atomic E-state index is 12.3. The van der Waals surface area contributed by atoms with Crippen molar-refractivity contribution in [2.45, 2.75) is 39.2 Å². The molecule has 1 amide bonds. The highest BCUT2D eigenvalue weighted by atomic mass is 16.3. The van der Waals surface area contributed by atoms with Crippen LogP contribution in [-0.4, -0.2) is 45.1 Å². The number of aliphatic hydroxyl groups excluding tert-OH is 2. The molecule has 6 heteroatoms. The number of aryl methyl sites for hydroxylation is 2. The number of nitrogens with one attached hydrogen (secondary N) is 1. The monoisotopic (exact) mass is 267 g/mol. The maximum Gasteiger partial charge on any atom is 0.253 e. The fourth-order valence-corrected chi connectivity index (χ4v) is 1.72. The lowest BCUT2D eigenvalue weighted by Crippen LogP contribution is -2.54. The molecular formula is C13H21N3O3. The van der Waals surface area contributed by atoms with Crippen molar-refractivity contribution >= 4 is 5.91 Å². The van der Waals surface area contributed by atoms with Crippen molar-refractivity contribution in [1.82, 2.24) is 15.5 Å². The second kappa shape index (κ2) is 6.58. The average Bonchev–Trinajstić information content (AvgIpc) is 2.44. The van der Waals surface area contributed by atoms with Crippen LogP contribution in [0.2, 0.25) is 0 Å². The topological polar surface area (TPSA) is 95.3 Å². The Hall–Kier alpha value is -1.53. The molecule has 0 saturated carbocycles. The Morgan fingerprint density at radius 3 is 2.42 bits per heavy atom. The lowest BCUT2D eigenvalue weighted by molar-refractivity contribution is 0.0651. The van der Waals surface area contributed by atoms with Crippen LogP contribution in [0.4, 0.5) is 0 Å². The molecule has 1 aromatic heterocycles. The molecule has 0 fully saturated rings. The number of hydrogen-bond acceptors (Lipinski definition) is 5. The summed E-state index contributed by atoms with van der Waals surface area (Å²) in [5, 5.41) is 29.3. The molecule has 0 atom stereocenters. The fraction of sp³-hybridized carbons (Fsp3) is 0.615. The smallest absolute Gasteiger partial charge is 0.253 e. The van der Waals surface area contributed by atoms with Gasteiger partial charge in [-0.2, -0.15) is 10.2 Å². The Balaban J connectivity index is 3.03. The minimum Gasteiger partial charge on any atom is -0.394 e. The van der Waals surface area contributed by atoms with E-state index in [4.69, 9.17) is 0 Å². The minimum atomic E-state index is -1.00. The van der Waals surface area contributed by atoms with Crippen molar-refractivity contribution in [3.05, 3.63) is 23.0 Å². The molecule has 0 unspecified atom stereocenters. The summed E-state index contributed by atoms with van der Waals surface area (Å²) in [7, 11) is 0. The second-order valence-electron chi connectivity index (χ2n) is 4.60. The Morgan fingerprint density at radius 2 is 1.95 bits per heavy atom. The summed E-state index contributed by atoms with van der Waals surface area (Å²) in [6.45, 7) is 4.81. The number of aromatic nitrogens is 2. The van der Waals surface area contributed by atoms with Crippen molar-refractivity contribution in [3.63, 3.8) is 0 Å². The minimum absolute atomic E-state index is 0.315. The molecule has 0 bridgehead atoms. The highest BCUT2D eigenvalue weighted by molar-refractivity contribution is 5.95. The summed E-state index contributed by atoms with van der Waals surface area (Å²) >= 11 is 0. The molecule has 1 heterocycles. The Kier molecular flexibility index (Phi) is 5.38. The van der Waals surface area contributed by atoms with Gasteiger partial charge in [0, 0.05) is 0 Å². The predicted octanol–water partition coefficient (Wildman–Crippen LogP) is 0.211. The first-order valence-electron chi connectivity index (χ1n) is 6.39. The van der Waals surface area contributed by atoms with Gasteiger partial charge in [-0.1, -0.05) is 13.8 Å². The third-order valence-electron chi connectivity index (χ3n) is 3.23. The van der Waals surface area contributed by atoms with E-state index >= 15 is 0 Å². The van der Waals surface area contributed by atoms with E-state index in [1.165, 1.54) is 0 Å². The van der Waals surface area contributed by atoms with Crippen LogP contribution in [-0.2, 0) is 6.42 Å². The summed E-state index contributed by atoms with van der Waals surface area (Å²) in [6, 6.07) is 1.66. The van der Waals surface area contributed by atoms with Crippen LogP contribution < -0.4 is 5.32 Å². The van der Waals surface area contributed by atoms with Crippen LogP contribution in [0.25, 0.3) is 0 Å². The van der Waals surface area contributed by atoms with Gasteiger partial charge in [0.2, 0.25) is 0 Å². The summed E-state index contributed by atoms with van der Waals surface area (Å²) in [5.74, 6) is -0.347. The first kappa shape index (κ1) is 15.5. The quantitative estimate of drug-likeness (QED) is 0.685. The first-order chi connectivity index (χ1) is 9.01. The molecule has 0 radical (unpaired) electrons. The summed E-state index contributed by atoms with van der Waals surface area (Å²) in [4.78, 5) is 12.3. The van der Waals surface area contributed by atoms with Gasteiger partial charge in [-0.25, -0.2) is 0 Å². The van der Waals surface area contributed by atoms with Crippen LogP contribution in [0.1, 0.15) is 42.0 Å². The number of carbonyl (C=O) groups is 1. The van der Waals surface area contributed by atoms with Gasteiger partial charge in [0.15, 0.2) is 0 Å². The zero-order valence-electron chi connectivity index (χ0n) is 11.6. The number of hydrogen-bond donors (Lipinski definition) is 3. The lowest BCUT2D eigenvalue weighted by atomic mass is 9.97. The van der Waals surface area contributed by atoms with E-state index in [2.05, 4.69) is 15.5 Å². The highest BCUT2D eigenvalue weighted by Gasteiger charge is 2.29. The SMILES string of the molecule is CCc1nnc(C)cc1C(=O)NC(CC)(CO)CO. The third kappa shape index (κ3) is 3.48. The zero-order chi connectivity index (χ0) is 14.5. The molecule has 0 aromatic carbocycles. The molecule has 0 aliphatic carbocycles. The lowest BCUT2D eigenvalue weighted by Gasteiger charge is -2.29. The maximum atomic E-state index is 12.3. The van der Waals surface area contributed by atoms with E-state index in [0.29, 0.717) is 29.8 Å². The van der Waals surface area contributed by atoms with Crippen LogP contribution in [0.15, 0.2) is 6.07 Å². The average molecular weight is 267 g/mol. The third-order valence-corrected chi connectivity index (χ3v) is 3.23. The molecule has 19 heavy (non-hydrogen) atoms. The second-order valence-corrected chi connectivity index (χ2v) is 4.60. The number of amides is 1. The summed E-state index contributed by atoms with van der Waals surface area (Å²) in [5.41, 5.74) is 0.690. The van der Waals surface area contributed by atoms with Crippen LogP contribution in [0, 0.1) is 6.92 Å². The zero-order valence-corrected chi connectivity index (χ0v) is 11.6. The molecule has 0 aliphatic rings. The van der Waals surface area contributed by atoms with Crippen molar-refractivity contribution < 1.29 is 15.0 Å². The Labute approximate surface area is 112 Å². The number of nitrogens with zero attached hydrogens (tertiary/aromatic N) is 2. The predicted molar refractivity (Wildman–Crippen MR) is 70.8 cm³/mol. The Morgan fingerprint density at radius 1 is 1.32 bits per heavy atom. The molecule has 0 aliphatic heterocycles. The van der Waals surface area contributed by atoms with E-state index in [0.717, 1.165) is 0 Å². The summed E-state index contributed by atoms with van der Waals surface area (Å²) in [6.07, 6.45) is 1.03. The van der Waals surface area contributed by atoms with E-state index in [9.17, 15) is 15.0 Å². The van der Waals surface area contributed by atoms with E-state index in [-0.39, 0.29) is 19.1 Å². The van der Waals surface area contributed by atoms with Crippen LogP contribution in [0.3, 0.4) is 0 Å². The van der Waals surface area contributed by atoms with E-state index < -0.39 is 5.54 Å². The molecule has 106 valence electrons. The first-order valence-corrected chi connectivity index (χ1v) is 6.39. The largest absolute Gasteiger partial charge is 0.394 e. The van der Waals surface area contributed by atoms with E-state index in [1.807, 2.05) is 6.92 Å². The highest BCUT2D eigenvalue weighted by Crippen LogP contribution is 2.13. The molecule has 0 saturated heterocycles. The molecule has 6 nitrogen and oxygen atoms in total. The number of rotatable bonds is 6. The molecular weight excluding hydrogens is 246 g/mol. The van der Waals surface area contributed by atoms with Gasteiger partial charge in [0.05, 0.1) is 35.7 Å². The van der Waals surface area contributed by atoms with Gasteiger partial charge in [-0.15, -0.1) is 0 Å². The van der Waals surface area contributed by atoms with Crippen LogP contribution >= 0.6 is 0 Å². The molecule has 3 N–H and O–H groups in total. The fourth-order valence-electron chi connectivity index (χ4n) is 1.72. The number of carbonyl (C=O) groups excluding carboxylic acids is 1. The molecule has 1 rings (SSSR count). The van der Waals surface area contributed by atoms with Crippen molar-refractivity contribution in [1.29, 1.82) is 0 Å². The molecule has 0 spiro atoms. The van der Waals surface area contributed by atoms with E-state index in [1.54, 1.807) is 19.9 Å².